The SMILES string of the molecule is CCCCCCCC/C=C\CCCCCCCCOC(=O)CCCl. The van der Waals surface area contributed by atoms with Crippen LogP contribution in [0.25, 0.3) is 0 Å². The molecule has 0 aliphatic heterocycles. The topological polar surface area (TPSA) is 26.3 Å². The lowest BCUT2D eigenvalue weighted by Gasteiger charge is -2.03. The van der Waals surface area contributed by atoms with E-state index in [4.69, 9.17) is 16.3 Å². The summed E-state index contributed by atoms with van der Waals surface area (Å²) in [6.07, 6.45) is 23.1. The molecule has 0 aromatic rings. The fourth-order valence-electron chi connectivity index (χ4n) is 2.68. The Balaban J connectivity index is 3.11. The van der Waals surface area contributed by atoms with Crippen molar-refractivity contribution in [3.63, 3.8) is 0 Å². The van der Waals surface area contributed by atoms with Gasteiger partial charge in [0.1, 0.15) is 0 Å². The van der Waals surface area contributed by atoms with Gasteiger partial charge in [0.2, 0.25) is 0 Å². The summed E-state index contributed by atoms with van der Waals surface area (Å²) in [6, 6.07) is 0. The Labute approximate surface area is 155 Å². The highest BCUT2D eigenvalue weighted by Crippen LogP contribution is 2.10. The van der Waals surface area contributed by atoms with Crippen LogP contribution in [-0.2, 0) is 9.53 Å². The maximum absolute atomic E-state index is 11.1. The molecule has 0 spiro atoms. The van der Waals surface area contributed by atoms with Crippen molar-refractivity contribution in [3.8, 4) is 0 Å². The number of ether oxygens (including phenoxy) is 1. The van der Waals surface area contributed by atoms with Crippen molar-refractivity contribution in [2.75, 3.05) is 12.5 Å². The summed E-state index contributed by atoms with van der Waals surface area (Å²) in [5.74, 6) is 0.185. The molecule has 0 saturated heterocycles. The number of hydrogen-bond donors (Lipinski definition) is 0. The van der Waals surface area contributed by atoms with Crippen LogP contribution >= 0.6 is 11.6 Å². The van der Waals surface area contributed by atoms with Gasteiger partial charge in [-0.1, -0.05) is 76.9 Å². The minimum atomic E-state index is -0.169. The third kappa shape index (κ3) is 19.5. The molecule has 0 N–H and O–H groups in total. The van der Waals surface area contributed by atoms with Crippen molar-refractivity contribution in [2.45, 2.75) is 103 Å². The summed E-state index contributed by atoms with van der Waals surface area (Å²) in [4.78, 5) is 11.1. The second-order valence-electron chi connectivity index (χ2n) is 6.60. The Kier molecular flexibility index (Phi) is 20.1. The van der Waals surface area contributed by atoms with Crippen LogP contribution in [0.1, 0.15) is 103 Å². The number of rotatable bonds is 18. The van der Waals surface area contributed by atoms with Gasteiger partial charge < -0.3 is 4.74 Å². The Morgan fingerprint density at radius 2 is 1.29 bits per heavy atom. The molecule has 0 radical (unpaired) electrons. The van der Waals surface area contributed by atoms with E-state index in [1.54, 1.807) is 0 Å². The van der Waals surface area contributed by atoms with E-state index in [1.165, 1.54) is 77.0 Å². The molecule has 0 rings (SSSR count). The summed E-state index contributed by atoms with van der Waals surface area (Å²) in [6.45, 7) is 2.82. The number of carbonyl (C=O) groups is 1. The minimum Gasteiger partial charge on any atom is -0.466 e. The van der Waals surface area contributed by atoms with Crippen molar-refractivity contribution in [3.05, 3.63) is 12.2 Å². The number of carbonyl (C=O) groups excluding carboxylic acids is 1. The normalized spacial score (nSPS) is 11.2. The van der Waals surface area contributed by atoms with Crippen LogP contribution in [0, 0.1) is 0 Å². The van der Waals surface area contributed by atoms with Gasteiger partial charge in [0.05, 0.1) is 13.0 Å². The molecule has 24 heavy (non-hydrogen) atoms. The van der Waals surface area contributed by atoms with E-state index < -0.39 is 0 Å². The maximum atomic E-state index is 11.1. The summed E-state index contributed by atoms with van der Waals surface area (Å²) in [5, 5.41) is 0. The van der Waals surface area contributed by atoms with Crippen molar-refractivity contribution >= 4 is 17.6 Å². The molecule has 0 fully saturated rings. The Morgan fingerprint density at radius 3 is 1.83 bits per heavy atom. The zero-order valence-corrected chi connectivity index (χ0v) is 16.6. The lowest BCUT2D eigenvalue weighted by Crippen LogP contribution is -2.05. The van der Waals surface area contributed by atoms with E-state index in [9.17, 15) is 4.79 Å². The average molecular weight is 359 g/mol. The monoisotopic (exact) mass is 358 g/mol. The molecule has 0 aromatic heterocycles. The second kappa shape index (κ2) is 20.5. The lowest BCUT2D eigenvalue weighted by molar-refractivity contribution is -0.143. The lowest BCUT2D eigenvalue weighted by atomic mass is 10.1. The number of allylic oxidation sites excluding steroid dienone is 2. The molecule has 0 bridgehead atoms. The van der Waals surface area contributed by atoms with E-state index in [2.05, 4.69) is 19.1 Å². The molecule has 2 nitrogen and oxygen atoms in total. The summed E-state index contributed by atoms with van der Waals surface area (Å²) in [5.41, 5.74) is 0. The molecule has 0 aliphatic rings. The number of esters is 1. The maximum Gasteiger partial charge on any atom is 0.306 e. The number of unbranched alkanes of at least 4 members (excludes halogenated alkanes) is 12. The first-order chi connectivity index (χ1) is 11.8. The zero-order chi connectivity index (χ0) is 17.7. The van der Waals surface area contributed by atoms with Crippen LogP contribution < -0.4 is 0 Å². The fourth-order valence-corrected chi connectivity index (χ4v) is 2.84. The number of hydrogen-bond acceptors (Lipinski definition) is 2. The third-order valence-corrected chi connectivity index (χ3v) is 4.41. The predicted molar refractivity (Wildman–Crippen MR) is 106 cm³/mol. The van der Waals surface area contributed by atoms with Gasteiger partial charge >= 0.3 is 5.97 Å². The van der Waals surface area contributed by atoms with Gasteiger partial charge in [-0.25, -0.2) is 0 Å². The molecule has 142 valence electrons. The minimum absolute atomic E-state index is 0.169. The molecule has 0 amide bonds. The first kappa shape index (κ1) is 23.5. The van der Waals surface area contributed by atoms with Gasteiger partial charge in [0.15, 0.2) is 0 Å². The van der Waals surface area contributed by atoms with Crippen LogP contribution in [0.5, 0.6) is 0 Å². The van der Waals surface area contributed by atoms with Gasteiger partial charge in [-0.3, -0.25) is 4.79 Å². The Bertz CT molecular complexity index is 290. The molecular formula is C21H39ClO2. The summed E-state index contributed by atoms with van der Waals surface area (Å²) in [7, 11) is 0. The van der Waals surface area contributed by atoms with Gasteiger partial charge in [-0.15, -0.1) is 11.6 Å². The van der Waals surface area contributed by atoms with Crippen LogP contribution in [0.3, 0.4) is 0 Å². The Morgan fingerprint density at radius 1 is 0.792 bits per heavy atom. The van der Waals surface area contributed by atoms with E-state index in [-0.39, 0.29) is 5.97 Å². The highest BCUT2D eigenvalue weighted by molar-refractivity contribution is 6.18. The van der Waals surface area contributed by atoms with E-state index in [0.29, 0.717) is 18.9 Å². The van der Waals surface area contributed by atoms with E-state index >= 15 is 0 Å². The van der Waals surface area contributed by atoms with Crippen molar-refractivity contribution in [1.82, 2.24) is 0 Å². The van der Waals surface area contributed by atoms with Crippen LogP contribution in [0.4, 0.5) is 0 Å². The Hall–Kier alpha value is -0.500. The highest BCUT2D eigenvalue weighted by atomic mass is 35.5. The zero-order valence-electron chi connectivity index (χ0n) is 15.9. The van der Waals surface area contributed by atoms with Crippen molar-refractivity contribution in [2.24, 2.45) is 0 Å². The van der Waals surface area contributed by atoms with Gasteiger partial charge in [-0.05, 0) is 32.1 Å². The molecule has 0 unspecified atom stereocenters. The smallest absolute Gasteiger partial charge is 0.306 e. The summed E-state index contributed by atoms with van der Waals surface area (Å²) < 4.78 is 5.07. The molecule has 3 heteroatoms. The largest absolute Gasteiger partial charge is 0.466 e. The number of alkyl halides is 1. The first-order valence-electron chi connectivity index (χ1n) is 10.2. The third-order valence-electron chi connectivity index (χ3n) is 4.22. The fraction of sp³-hybridized carbons (Fsp3) is 0.857. The van der Waals surface area contributed by atoms with Gasteiger partial charge in [-0.2, -0.15) is 0 Å². The van der Waals surface area contributed by atoms with Gasteiger partial charge in [0.25, 0.3) is 0 Å². The van der Waals surface area contributed by atoms with Crippen LogP contribution in [-0.4, -0.2) is 18.5 Å². The van der Waals surface area contributed by atoms with Crippen LogP contribution in [0.15, 0.2) is 12.2 Å². The first-order valence-corrected chi connectivity index (χ1v) is 10.7. The van der Waals surface area contributed by atoms with Crippen molar-refractivity contribution < 1.29 is 9.53 Å². The molecule has 0 aliphatic carbocycles. The van der Waals surface area contributed by atoms with E-state index in [0.717, 1.165) is 12.8 Å². The average Bonchev–Trinajstić information content (AvgIpc) is 2.58. The molecule has 0 heterocycles. The second-order valence-corrected chi connectivity index (χ2v) is 6.98. The molecular weight excluding hydrogens is 320 g/mol. The standard InChI is InChI=1S/C21H39ClO2/c1-2-3-4-5-6-7-8-9-10-11-12-13-14-15-16-17-20-24-21(23)18-19-22/h9-10H,2-8,11-20H2,1H3/b10-9-. The molecule has 0 saturated carbocycles. The summed E-state index contributed by atoms with van der Waals surface area (Å²) >= 11 is 5.47. The van der Waals surface area contributed by atoms with Crippen LogP contribution in [0.2, 0.25) is 0 Å². The highest BCUT2D eigenvalue weighted by Gasteiger charge is 2.00. The van der Waals surface area contributed by atoms with Gasteiger partial charge in [0, 0.05) is 5.88 Å². The quantitative estimate of drug-likeness (QED) is 0.112. The predicted octanol–water partition coefficient (Wildman–Crippen LogP) is 7.20. The molecule has 0 aromatic carbocycles. The molecule has 0 atom stereocenters. The number of halogens is 1. The van der Waals surface area contributed by atoms with Crippen molar-refractivity contribution in [1.29, 1.82) is 0 Å². The van der Waals surface area contributed by atoms with E-state index in [1.807, 2.05) is 0 Å².